The minimum atomic E-state index is 0.278. The highest BCUT2D eigenvalue weighted by Crippen LogP contribution is 2.35. The quantitative estimate of drug-likeness (QED) is 0.802. The molecule has 0 radical (unpaired) electrons. The van der Waals surface area contributed by atoms with Gasteiger partial charge < -0.3 is 19.2 Å². The average Bonchev–Trinajstić information content (AvgIpc) is 3.10. The van der Waals surface area contributed by atoms with E-state index >= 15 is 0 Å². The maximum absolute atomic E-state index is 5.38. The first-order chi connectivity index (χ1) is 10.3. The van der Waals surface area contributed by atoms with Gasteiger partial charge in [0.05, 0.1) is 18.1 Å². The van der Waals surface area contributed by atoms with Crippen LogP contribution in [0.3, 0.4) is 0 Å². The first-order valence-corrected chi connectivity index (χ1v) is 6.73. The van der Waals surface area contributed by atoms with E-state index in [-0.39, 0.29) is 6.79 Å². The number of hydrogen-bond acceptors (Lipinski definition) is 4. The highest BCUT2D eigenvalue weighted by atomic mass is 16.7. The third-order valence-electron chi connectivity index (χ3n) is 3.56. The van der Waals surface area contributed by atoms with E-state index in [1.807, 2.05) is 36.4 Å². The summed E-state index contributed by atoms with van der Waals surface area (Å²) in [6, 6.07) is 11.8. The fourth-order valence-electron chi connectivity index (χ4n) is 2.47. The van der Waals surface area contributed by atoms with Gasteiger partial charge in [-0.3, -0.25) is 0 Å². The molecule has 0 aliphatic carbocycles. The van der Waals surface area contributed by atoms with Gasteiger partial charge in [-0.05, 0) is 17.7 Å². The molecule has 5 heteroatoms. The number of ether oxygens (including phenoxy) is 3. The molecule has 4 rings (SSSR count). The standard InChI is InChI=1S/C16H14N2O3/c1-19-11-4-2-10(3-5-11)6-16-17-12-7-14-15(21-9-20-14)8-13(12)18-16/h2-5,7-8H,6,9H2,1H3,(H,17,18). The van der Waals surface area contributed by atoms with E-state index in [1.54, 1.807) is 7.11 Å². The zero-order chi connectivity index (χ0) is 14.2. The van der Waals surface area contributed by atoms with Gasteiger partial charge in [-0.1, -0.05) is 12.1 Å². The first kappa shape index (κ1) is 12.1. The lowest BCUT2D eigenvalue weighted by molar-refractivity contribution is 0.174. The Morgan fingerprint density at radius 3 is 2.67 bits per heavy atom. The third kappa shape index (κ3) is 2.16. The number of fused-ring (bicyclic) bond motifs is 2. The predicted octanol–water partition coefficient (Wildman–Crippen LogP) is 2.89. The van der Waals surface area contributed by atoms with Crippen LogP contribution in [0.25, 0.3) is 11.0 Å². The normalized spacial score (nSPS) is 12.8. The van der Waals surface area contributed by atoms with Crippen molar-refractivity contribution in [2.75, 3.05) is 13.9 Å². The molecule has 0 amide bonds. The van der Waals surface area contributed by atoms with Crippen LogP contribution in [-0.4, -0.2) is 23.9 Å². The first-order valence-electron chi connectivity index (χ1n) is 6.73. The van der Waals surface area contributed by atoms with Crippen molar-refractivity contribution in [2.24, 2.45) is 0 Å². The molecule has 1 aliphatic heterocycles. The van der Waals surface area contributed by atoms with Crippen molar-refractivity contribution in [3.05, 3.63) is 47.8 Å². The number of hydrogen-bond donors (Lipinski definition) is 1. The Kier molecular flexibility index (Phi) is 2.70. The van der Waals surface area contributed by atoms with Crippen molar-refractivity contribution >= 4 is 11.0 Å². The maximum Gasteiger partial charge on any atom is 0.231 e. The summed E-state index contributed by atoms with van der Waals surface area (Å²) in [6.07, 6.45) is 0.741. The lowest BCUT2D eigenvalue weighted by atomic mass is 10.1. The van der Waals surface area contributed by atoms with E-state index in [9.17, 15) is 0 Å². The Hall–Kier alpha value is -2.69. The molecule has 0 spiro atoms. The van der Waals surface area contributed by atoms with Crippen LogP contribution in [0, 0.1) is 0 Å². The molecule has 0 saturated heterocycles. The van der Waals surface area contributed by atoms with Crippen LogP contribution in [0.15, 0.2) is 36.4 Å². The van der Waals surface area contributed by atoms with Gasteiger partial charge in [0.25, 0.3) is 0 Å². The van der Waals surface area contributed by atoms with Crippen molar-refractivity contribution in [2.45, 2.75) is 6.42 Å². The largest absolute Gasteiger partial charge is 0.497 e. The molecule has 0 bridgehead atoms. The smallest absolute Gasteiger partial charge is 0.231 e. The second-order valence-corrected chi connectivity index (χ2v) is 4.93. The van der Waals surface area contributed by atoms with Gasteiger partial charge in [-0.15, -0.1) is 0 Å². The van der Waals surface area contributed by atoms with Crippen LogP contribution in [0.2, 0.25) is 0 Å². The molecule has 0 atom stereocenters. The molecule has 0 fully saturated rings. The summed E-state index contributed by atoms with van der Waals surface area (Å²) >= 11 is 0. The van der Waals surface area contributed by atoms with Gasteiger partial charge in [-0.2, -0.15) is 0 Å². The van der Waals surface area contributed by atoms with Gasteiger partial charge in [0.2, 0.25) is 6.79 Å². The number of benzene rings is 2. The van der Waals surface area contributed by atoms with Crippen LogP contribution in [0.4, 0.5) is 0 Å². The summed E-state index contributed by atoms with van der Waals surface area (Å²) in [5.74, 6) is 3.29. The van der Waals surface area contributed by atoms with Crippen LogP contribution in [0.1, 0.15) is 11.4 Å². The number of nitrogens with zero attached hydrogens (tertiary/aromatic N) is 1. The maximum atomic E-state index is 5.38. The van der Waals surface area contributed by atoms with Crippen molar-refractivity contribution in [1.82, 2.24) is 9.97 Å². The van der Waals surface area contributed by atoms with E-state index in [0.29, 0.717) is 0 Å². The molecule has 3 aromatic rings. The van der Waals surface area contributed by atoms with Crippen LogP contribution in [-0.2, 0) is 6.42 Å². The molecule has 1 aromatic heterocycles. The van der Waals surface area contributed by atoms with Gasteiger partial charge in [0, 0.05) is 18.6 Å². The van der Waals surface area contributed by atoms with Gasteiger partial charge >= 0.3 is 0 Å². The number of aromatic nitrogens is 2. The summed E-state index contributed by atoms with van der Waals surface area (Å²) in [5, 5.41) is 0. The van der Waals surface area contributed by atoms with Crippen molar-refractivity contribution < 1.29 is 14.2 Å². The molecule has 21 heavy (non-hydrogen) atoms. The Morgan fingerprint density at radius 2 is 1.90 bits per heavy atom. The number of methoxy groups -OCH3 is 1. The number of nitrogens with one attached hydrogen (secondary N) is 1. The number of rotatable bonds is 3. The highest BCUT2D eigenvalue weighted by molar-refractivity contribution is 5.80. The van der Waals surface area contributed by atoms with Gasteiger partial charge in [0.1, 0.15) is 11.6 Å². The molecular weight excluding hydrogens is 268 g/mol. The lowest BCUT2D eigenvalue weighted by Crippen LogP contribution is -1.93. The molecule has 0 unspecified atom stereocenters. The Balaban J connectivity index is 1.64. The number of imidazole rings is 1. The van der Waals surface area contributed by atoms with Gasteiger partial charge in [-0.25, -0.2) is 4.98 Å². The summed E-state index contributed by atoms with van der Waals surface area (Å²) < 4.78 is 15.9. The zero-order valence-corrected chi connectivity index (χ0v) is 11.6. The lowest BCUT2D eigenvalue weighted by Gasteiger charge is -2.01. The Labute approximate surface area is 121 Å². The van der Waals surface area contributed by atoms with Crippen LogP contribution >= 0.6 is 0 Å². The minimum Gasteiger partial charge on any atom is -0.497 e. The topological polar surface area (TPSA) is 56.4 Å². The molecular formula is C16H14N2O3. The van der Waals surface area contributed by atoms with Crippen LogP contribution in [0.5, 0.6) is 17.2 Å². The monoisotopic (exact) mass is 282 g/mol. The van der Waals surface area contributed by atoms with E-state index in [0.717, 1.165) is 40.5 Å². The third-order valence-corrected chi connectivity index (χ3v) is 3.56. The molecule has 1 aliphatic rings. The Morgan fingerprint density at radius 1 is 1.14 bits per heavy atom. The molecule has 2 aromatic carbocycles. The molecule has 2 heterocycles. The summed E-state index contributed by atoms with van der Waals surface area (Å²) in [5.41, 5.74) is 3.03. The van der Waals surface area contributed by atoms with Gasteiger partial charge in [0.15, 0.2) is 11.5 Å². The minimum absolute atomic E-state index is 0.278. The van der Waals surface area contributed by atoms with E-state index in [2.05, 4.69) is 9.97 Å². The highest BCUT2D eigenvalue weighted by Gasteiger charge is 2.16. The molecule has 1 N–H and O–H groups in total. The number of aromatic amines is 1. The summed E-state index contributed by atoms with van der Waals surface area (Å²) in [7, 11) is 1.66. The molecule has 5 nitrogen and oxygen atoms in total. The molecule has 0 saturated carbocycles. The van der Waals surface area contributed by atoms with Crippen molar-refractivity contribution in [1.29, 1.82) is 0 Å². The number of H-pyrrole nitrogens is 1. The van der Waals surface area contributed by atoms with Crippen molar-refractivity contribution in [3.63, 3.8) is 0 Å². The van der Waals surface area contributed by atoms with Crippen LogP contribution < -0.4 is 14.2 Å². The second-order valence-electron chi connectivity index (χ2n) is 4.93. The van der Waals surface area contributed by atoms with E-state index < -0.39 is 0 Å². The molecule has 106 valence electrons. The van der Waals surface area contributed by atoms with Crippen molar-refractivity contribution in [3.8, 4) is 17.2 Å². The fraction of sp³-hybridized carbons (Fsp3) is 0.188. The average molecular weight is 282 g/mol. The Bertz CT molecular complexity index is 752. The van der Waals surface area contributed by atoms with E-state index in [1.165, 1.54) is 5.56 Å². The summed E-state index contributed by atoms with van der Waals surface area (Å²) in [4.78, 5) is 7.93. The second kappa shape index (κ2) is 4.70. The summed E-state index contributed by atoms with van der Waals surface area (Å²) in [6.45, 7) is 0.278. The van der Waals surface area contributed by atoms with E-state index in [4.69, 9.17) is 14.2 Å². The fourth-order valence-corrected chi connectivity index (χ4v) is 2.47. The predicted molar refractivity (Wildman–Crippen MR) is 78.0 cm³/mol. The zero-order valence-electron chi connectivity index (χ0n) is 11.6. The SMILES string of the molecule is COc1ccc(Cc2nc3cc4c(cc3[nH]2)OCO4)cc1.